The van der Waals surface area contributed by atoms with Gasteiger partial charge in [-0.3, -0.25) is 0 Å². The van der Waals surface area contributed by atoms with Gasteiger partial charge in [0.15, 0.2) is 5.89 Å². The van der Waals surface area contributed by atoms with Crippen LogP contribution in [0.3, 0.4) is 0 Å². The van der Waals surface area contributed by atoms with E-state index in [0.29, 0.717) is 0 Å². The van der Waals surface area contributed by atoms with Gasteiger partial charge in [-0.05, 0) is 12.1 Å². The van der Waals surface area contributed by atoms with E-state index in [-0.39, 0.29) is 5.41 Å². The lowest BCUT2D eigenvalue weighted by Gasteiger charge is -2.11. The predicted molar refractivity (Wildman–Crippen MR) is 68.3 cm³/mol. The highest BCUT2D eigenvalue weighted by Gasteiger charge is 2.20. The molecule has 0 bridgehead atoms. The van der Waals surface area contributed by atoms with Gasteiger partial charge in [-0.25, -0.2) is 4.98 Å². The minimum atomic E-state index is -0.0513. The lowest BCUT2D eigenvalue weighted by Crippen LogP contribution is -2.11. The van der Waals surface area contributed by atoms with Crippen LogP contribution in [0, 0.1) is 0 Å². The Bertz CT molecular complexity index is 497. The molecule has 2 nitrogen and oxygen atoms in total. The molecule has 0 radical (unpaired) electrons. The van der Waals surface area contributed by atoms with Crippen molar-refractivity contribution in [2.24, 2.45) is 0 Å². The van der Waals surface area contributed by atoms with E-state index < -0.39 is 0 Å². The molecule has 84 valence electrons. The SMILES string of the molecule is CC(C)(C)c1nc(-c2cccc(Br)c2)co1. The molecule has 0 atom stereocenters. The van der Waals surface area contributed by atoms with E-state index in [9.17, 15) is 0 Å². The molecular weight excluding hydrogens is 266 g/mol. The van der Waals surface area contributed by atoms with Crippen molar-refractivity contribution >= 4 is 15.9 Å². The molecule has 1 aromatic heterocycles. The second kappa shape index (κ2) is 4.06. The Morgan fingerprint density at radius 1 is 1.25 bits per heavy atom. The summed E-state index contributed by atoms with van der Waals surface area (Å²) in [5, 5.41) is 0. The van der Waals surface area contributed by atoms with Gasteiger partial charge in [0.1, 0.15) is 12.0 Å². The van der Waals surface area contributed by atoms with Crippen LogP contribution in [-0.4, -0.2) is 4.98 Å². The van der Waals surface area contributed by atoms with Gasteiger partial charge in [0.05, 0.1) is 0 Å². The fourth-order valence-electron chi connectivity index (χ4n) is 1.40. The number of nitrogens with zero attached hydrogens (tertiary/aromatic N) is 1. The number of rotatable bonds is 1. The highest BCUT2D eigenvalue weighted by Crippen LogP contribution is 2.27. The molecule has 0 aliphatic carbocycles. The van der Waals surface area contributed by atoms with Gasteiger partial charge in [0.2, 0.25) is 0 Å². The fraction of sp³-hybridized carbons (Fsp3) is 0.308. The lowest BCUT2D eigenvalue weighted by atomic mass is 9.97. The zero-order chi connectivity index (χ0) is 11.8. The first-order valence-electron chi connectivity index (χ1n) is 5.19. The highest BCUT2D eigenvalue weighted by molar-refractivity contribution is 9.10. The average Bonchev–Trinajstić information content (AvgIpc) is 2.65. The van der Waals surface area contributed by atoms with E-state index in [2.05, 4.69) is 41.7 Å². The average molecular weight is 280 g/mol. The van der Waals surface area contributed by atoms with Gasteiger partial charge >= 0.3 is 0 Å². The summed E-state index contributed by atoms with van der Waals surface area (Å²) >= 11 is 3.45. The molecule has 2 aromatic rings. The summed E-state index contributed by atoms with van der Waals surface area (Å²) in [4.78, 5) is 4.51. The number of aromatic nitrogens is 1. The van der Waals surface area contributed by atoms with E-state index in [1.54, 1.807) is 6.26 Å². The summed E-state index contributed by atoms with van der Waals surface area (Å²) in [5.74, 6) is 0.766. The Labute approximate surface area is 104 Å². The topological polar surface area (TPSA) is 26.0 Å². The Morgan fingerprint density at radius 2 is 2.00 bits per heavy atom. The molecule has 0 fully saturated rings. The first-order chi connectivity index (χ1) is 7.47. The molecule has 0 spiro atoms. The van der Waals surface area contributed by atoms with Crippen molar-refractivity contribution in [2.45, 2.75) is 26.2 Å². The minimum Gasteiger partial charge on any atom is -0.448 e. The minimum absolute atomic E-state index is 0.0513. The molecule has 1 aromatic carbocycles. The molecule has 0 aliphatic heterocycles. The van der Waals surface area contributed by atoms with Crippen molar-refractivity contribution < 1.29 is 4.42 Å². The third-order valence-corrected chi connectivity index (χ3v) is 2.76. The van der Waals surface area contributed by atoms with Crippen LogP contribution < -0.4 is 0 Å². The van der Waals surface area contributed by atoms with Crippen molar-refractivity contribution in [3.05, 3.63) is 40.9 Å². The van der Waals surface area contributed by atoms with E-state index in [4.69, 9.17) is 4.42 Å². The van der Waals surface area contributed by atoms with Crippen molar-refractivity contribution in [1.29, 1.82) is 0 Å². The first kappa shape index (κ1) is 11.4. The summed E-state index contributed by atoms with van der Waals surface area (Å²) in [7, 11) is 0. The van der Waals surface area contributed by atoms with Gasteiger partial charge < -0.3 is 4.42 Å². The molecule has 0 saturated carbocycles. The van der Waals surface area contributed by atoms with Gasteiger partial charge in [-0.15, -0.1) is 0 Å². The lowest BCUT2D eigenvalue weighted by molar-refractivity contribution is 0.392. The number of hydrogen-bond acceptors (Lipinski definition) is 2. The van der Waals surface area contributed by atoms with Crippen molar-refractivity contribution in [3.63, 3.8) is 0 Å². The van der Waals surface area contributed by atoms with E-state index in [1.807, 2.05) is 24.3 Å². The number of halogens is 1. The van der Waals surface area contributed by atoms with Gasteiger partial charge in [0, 0.05) is 15.5 Å². The zero-order valence-corrected chi connectivity index (χ0v) is 11.2. The van der Waals surface area contributed by atoms with E-state index >= 15 is 0 Å². The quantitative estimate of drug-likeness (QED) is 0.773. The Kier molecular flexibility index (Phi) is 2.89. The molecule has 2 rings (SSSR count). The maximum Gasteiger partial charge on any atom is 0.199 e. The highest BCUT2D eigenvalue weighted by atomic mass is 79.9. The molecule has 0 amide bonds. The van der Waals surface area contributed by atoms with Crippen LogP contribution in [0.5, 0.6) is 0 Å². The summed E-state index contributed by atoms with van der Waals surface area (Å²) < 4.78 is 6.54. The third kappa shape index (κ3) is 2.35. The van der Waals surface area contributed by atoms with Gasteiger partial charge in [-0.1, -0.05) is 48.8 Å². The molecule has 0 unspecified atom stereocenters. The molecule has 0 aliphatic rings. The summed E-state index contributed by atoms with van der Waals surface area (Å²) in [6, 6.07) is 8.04. The largest absolute Gasteiger partial charge is 0.448 e. The predicted octanol–water partition coefficient (Wildman–Crippen LogP) is 4.40. The second-order valence-electron chi connectivity index (χ2n) is 4.80. The summed E-state index contributed by atoms with van der Waals surface area (Å²) in [5.41, 5.74) is 1.89. The summed E-state index contributed by atoms with van der Waals surface area (Å²) in [6.07, 6.45) is 1.71. The van der Waals surface area contributed by atoms with Crippen molar-refractivity contribution in [3.8, 4) is 11.3 Å². The Morgan fingerprint density at radius 3 is 2.56 bits per heavy atom. The maximum atomic E-state index is 5.50. The van der Waals surface area contributed by atoms with Gasteiger partial charge in [-0.2, -0.15) is 0 Å². The van der Waals surface area contributed by atoms with Crippen LogP contribution in [0.2, 0.25) is 0 Å². The first-order valence-corrected chi connectivity index (χ1v) is 5.98. The van der Waals surface area contributed by atoms with E-state index in [0.717, 1.165) is 21.6 Å². The zero-order valence-electron chi connectivity index (χ0n) is 9.62. The third-order valence-electron chi connectivity index (χ3n) is 2.27. The molecule has 3 heteroatoms. The monoisotopic (exact) mass is 279 g/mol. The molecule has 0 saturated heterocycles. The normalized spacial score (nSPS) is 11.8. The standard InChI is InChI=1S/C13H14BrNO/c1-13(2,3)12-15-11(8-16-12)9-5-4-6-10(14)7-9/h4-8H,1-3H3. The maximum absolute atomic E-state index is 5.50. The van der Waals surface area contributed by atoms with Crippen molar-refractivity contribution in [1.82, 2.24) is 4.98 Å². The van der Waals surface area contributed by atoms with Crippen LogP contribution in [0.25, 0.3) is 11.3 Å². The van der Waals surface area contributed by atoms with Crippen molar-refractivity contribution in [2.75, 3.05) is 0 Å². The molecule has 0 N–H and O–H groups in total. The molecule has 1 heterocycles. The van der Waals surface area contributed by atoms with E-state index in [1.165, 1.54) is 0 Å². The van der Waals surface area contributed by atoms with Crippen LogP contribution in [0.4, 0.5) is 0 Å². The Hall–Kier alpha value is -1.09. The smallest absolute Gasteiger partial charge is 0.199 e. The fourth-order valence-corrected chi connectivity index (χ4v) is 1.80. The molecular formula is C13H14BrNO. The van der Waals surface area contributed by atoms with Crippen LogP contribution in [0.15, 0.2) is 39.4 Å². The van der Waals surface area contributed by atoms with Crippen LogP contribution >= 0.6 is 15.9 Å². The summed E-state index contributed by atoms with van der Waals surface area (Å²) in [6.45, 7) is 6.26. The molecule has 16 heavy (non-hydrogen) atoms. The van der Waals surface area contributed by atoms with Crippen LogP contribution in [-0.2, 0) is 5.41 Å². The number of oxazole rings is 1. The van der Waals surface area contributed by atoms with Gasteiger partial charge in [0.25, 0.3) is 0 Å². The van der Waals surface area contributed by atoms with Crippen LogP contribution in [0.1, 0.15) is 26.7 Å². The Balaban J connectivity index is 2.39. The number of hydrogen-bond donors (Lipinski definition) is 0. The number of benzene rings is 1. The second-order valence-corrected chi connectivity index (χ2v) is 5.71.